The largest absolute Gasteiger partial charge is 0.452 e. The minimum atomic E-state index is -3.49. The highest BCUT2D eigenvalue weighted by atomic mass is 32.2. The number of benzene rings is 1. The third-order valence-corrected chi connectivity index (χ3v) is 6.86. The molecule has 0 unspecified atom stereocenters. The molecule has 0 aliphatic carbocycles. The fourth-order valence-electron chi connectivity index (χ4n) is 3.19. The Balaban J connectivity index is 1.94. The lowest BCUT2D eigenvalue weighted by molar-refractivity contribution is -0.147. The summed E-state index contributed by atoms with van der Waals surface area (Å²) in [6, 6.07) is 6.40. The van der Waals surface area contributed by atoms with Crippen LogP contribution in [0.5, 0.6) is 0 Å². The van der Waals surface area contributed by atoms with Crippen molar-refractivity contribution in [3.63, 3.8) is 0 Å². The second-order valence-electron chi connectivity index (χ2n) is 6.89. The van der Waals surface area contributed by atoms with Crippen molar-refractivity contribution in [3.05, 3.63) is 35.9 Å². The zero-order valence-electron chi connectivity index (χ0n) is 17.2. The first-order valence-electron chi connectivity index (χ1n) is 10.1. The molecule has 0 radical (unpaired) electrons. The van der Waals surface area contributed by atoms with Crippen LogP contribution < -0.4 is 0 Å². The summed E-state index contributed by atoms with van der Waals surface area (Å²) in [6.07, 6.45) is 6.66. The van der Waals surface area contributed by atoms with E-state index >= 15 is 0 Å². The maximum absolute atomic E-state index is 12.8. The van der Waals surface area contributed by atoms with Crippen molar-refractivity contribution in [3.8, 4) is 0 Å². The molecule has 1 heterocycles. The van der Waals surface area contributed by atoms with Crippen molar-refractivity contribution in [2.45, 2.75) is 44.4 Å². The molecule has 1 fully saturated rings. The van der Waals surface area contributed by atoms with E-state index in [9.17, 15) is 18.0 Å². The number of sulfonamides is 1. The molecule has 0 atom stereocenters. The summed E-state index contributed by atoms with van der Waals surface area (Å²) in [5.74, 6) is -0.855. The van der Waals surface area contributed by atoms with Gasteiger partial charge in [0.25, 0.3) is 5.91 Å². The van der Waals surface area contributed by atoms with Gasteiger partial charge in [0.15, 0.2) is 6.61 Å². The van der Waals surface area contributed by atoms with Gasteiger partial charge in [0, 0.05) is 32.3 Å². The Morgan fingerprint density at radius 2 is 1.62 bits per heavy atom. The Kier molecular flexibility index (Phi) is 8.85. The molecule has 1 aliphatic rings. The maximum atomic E-state index is 12.8. The van der Waals surface area contributed by atoms with Crippen LogP contribution in [0.25, 0.3) is 6.08 Å². The number of likely N-dealkylation sites (N-methyl/N-ethyl adjacent to an activating group) is 1. The van der Waals surface area contributed by atoms with Crippen LogP contribution in [0.4, 0.5) is 0 Å². The van der Waals surface area contributed by atoms with E-state index in [0.29, 0.717) is 31.7 Å². The highest BCUT2D eigenvalue weighted by Crippen LogP contribution is 2.21. The van der Waals surface area contributed by atoms with Gasteiger partial charge in [0.2, 0.25) is 10.0 Å². The van der Waals surface area contributed by atoms with Gasteiger partial charge in [0.05, 0.1) is 4.90 Å². The average Bonchev–Trinajstić information content (AvgIpc) is 3.02. The van der Waals surface area contributed by atoms with Gasteiger partial charge in [0.1, 0.15) is 0 Å². The molecule has 8 heteroatoms. The van der Waals surface area contributed by atoms with Crippen LogP contribution in [0.1, 0.15) is 45.1 Å². The average molecular weight is 423 g/mol. The van der Waals surface area contributed by atoms with Gasteiger partial charge in [-0.05, 0) is 50.5 Å². The number of carbonyl (C=O) groups excluding carboxylic acids is 2. The third-order valence-electron chi connectivity index (χ3n) is 4.95. The van der Waals surface area contributed by atoms with Crippen LogP contribution >= 0.6 is 0 Å². The standard InChI is InChI=1S/C21H30N2O5S/c1-3-22(4-2)20(24)17-28-21(25)14-11-18-9-12-19(13-10-18)29(26,27)23-15-7-5-6-8-16-23/h9-14H,3-8,15-17H2,1-2H3. The molecule has 0 aromatic heterocycles. The van der Waals surface area contributed by atoms with E-state index in [1.807, 2.05) is 13.8 Å². The summed E-state index contributed by atoms with van der Waals surface area (Å²) < 4.78 is 32.0. The first-order chi connectivity index (χ1) is 13.9. The smallest absolute Gasteiger partial charge is 0.331 e. The van der Waals surface area contributed by atoms with E-state index in [4.69, 9.17) is 4.74 Å². The highest BCUT2D eigenvalue weighted by Gasteiger charge is 2.24. The van der Waals surface area contributed by atoms with Crippen molar-refractivity contribution in [2.24, 2.45) is 0 Å². The van der Waals surface area contributed by atoms with Crippen molar-refractivity contribution < 1.29 is 22.7 Å². The van der Waals surface area contributed by atoms with E-state index in [1.54, 1.807) is 33.5 Å². The van der Waals surface area contributed by atoms with Crippen LogP contribution in [0, 0.1) is 0 Å². The molecule has 160 valence electrons. The first kappa shape index (κ1) is 23.1. The van der Waals surface area contributed by atoms with Crippen molar-refractivity contribution in [1.82, 2.24) is 9.21 Å². The molecule has 0 bridgehead atoms. The molecule has 1 amide bonds. The molecule has 0 N–H and O–H groups in total. The molecule has 1 aromatic rings. The summed E-state index contributed by atoms with van der Waals surface area (Å²) in [5.41, 5.74) is 0.673. The summed E-state index contributed by atoms with van der Waals surface area (Å²) in [6.45, 7) is 5.67. The number of hydrogen-bond acceptors (Lipinski definition) is 5. The maximum Gasteiger partial charge on any atom is 0.331 e. The molecule has 7 nitrogen and oxygen atoms in total. The molecular formula is C21H30N2O5S. The van der Waals surface area contributed by atoms with Crippen molar-refractivity contribution in [1.29, 1.82) is 0 Å². The lowest BCUT2D eigenvalue weighted by atomic mass is 10.2. The molecular weight excluding hydrogens is 392 g/mol. The number of esters is 1. The summed E-state index contributed by atoms with van der Waals surface area (Å²) in [4.78, 5) is 25.5. The van der Waals surface area contributed by atoms with Crippen LogP contribution in [-0.4, -0.2) is 62.3 Å². The fourth-order valence-corrected chi connectivity index (χ4v) is 4.71. The Morgan fingerprint density at radius 1 is 1.03 bits per heavy atom. The Labute approximate surface area is 173 Å². The second kappa shape index (κ2) is 11.1. The highest BCUT2D eigenvalue weighted by molar-refractivity contribution is 7.89. The zero-order chi connectivity index (χ0) is 21.3. The van der Waals surface area contributed by atoms with E-state index in [1.165, 1.54) is 12.2 Å². The molecule has 0 saturated carbocycles. The molecule has 2 rings (SSSR count). The summed E-state index contributed by atoms with van der Waals surface area (Å²) >= 11 is 0. The van der Waals surface area contributed by atoms with Crippen LogP contribution in [-0.2, 0) is 24.3 Å². The number of hydrogen-bond donors (Lipinski definition) is 0. The van der Waals surface area contributed by atoms with Crippen molar-refractivity contribution >= 4 is 28.0 Å². The number of rotatable bonds is 8. The molecule has 0 spiro atoms. The lowest BCUT2D eigenvalue weighted by Gasteiger charge is -2.19. The normalized spacial score (nSPS) is 15.8. The first-order valence-corrected chi connectivity index (χ1v) is 11.5. The Morgan fingerprint density at radius 3 is 2.17 bits per heavy atom. The number of ether oxygens (including phenoxy) is 1. The predicted octanol–water partition coefficient (Wildman–Crippen LogP) is 2.68. The van der Waals surface area contributed by atoms with Crippen LogP contribution in [0.15, 0.2) is 35.2 Å². The van der Waals surface area contributed by atoms with Gasteiger partial charge in [-0.15, -0.1) is 0 Å². The van der Waals surface area contributed by atoms with Crippen LogP contribution in [0.2, 0.25) is 0 Å². The predicted molar refractivity (Wildman–Crippen MR) is 112 cm³/mol. The van der Waals surface area contributed by atoms with E-state index in [-0.39, 0.29) is 17.4 Å². The van der Waals surface area contributed by atoms with Gasteiger partial charge < -0.3 is 9.64 Å². The SMILES string of the molecule is CCN(CC)C(=O)COC(=O)C=Cc1ccc(S(=O)(=O)N2CCCCCC2)cc1. The lowest BCUT2D eigenvalue weighted by Crippen LogP contribution is -2.34. The summed E-state index contributed by atoms with van der Waals surface area (Å²) in [7, 11) is -3.49. The Hall–Kier alpha value is -2.19. The van der Waals surface area contributed by atoms with Gasteiger partial charge in [-0.3, -0.25) is 4.79 Å². The van der Waals surface area contributed by atoms with Gasteiger partial charge in [-0.25, -0.2) is 13.2 Å². The fraction of sp³-hybridized carbons (Fsp3) is 0.524. The number of amides is 1. The van der Waals surface area contributed by atoms with Gasteiger partial charge in [-0.1, -0.05) is 25.0 Å². The number of nitrogens with zero attached hydrogens (tertiary/aromatic N) is 2. The van der Waals surface area contributed by atoms with E-state index < -0.39 is 16.0 Å². The molecule has 1 saturated heterocycles. The molecule has 1 aliphatic heterocycles. The van der Waals surface area contributed by atoms with E-state index in [2.05, 4.69) is 0 Å². The minimum Gasteiger partial charge on any atom is -0.452 e. The molecule has 29 heavy (non-hydrogen) atoms. The van der Waals surface area contributed by atoms with Crippen LogP contribution in [0.3, 0.4) is 0 Å². The minimum absolute atomic E-state index is 0.236. The second-order valence-corrected chi connectivity index (χ2v) is 8.83. The quantitative estimate of drug-likeness (QED) is 0.475. The third kappa shape index (κ3) is 6.68. The van der Waals surface area contributed by atoms with Gasteiger partial charge >= 0.3 is 5.97 Å². The van der Waals surface area contributed by atoms with Crippen molar-refractivity contribution in [2.75, 3.05) is 32.8 Å². The van der Waals surface area contributed by atoms with E-state index in [0.717, 1.165) is 25.7 Å². The zero-order valence-corrected chi connectivity index (χ0v) is 18.0. The monoisotopic (exact) mass is 422 g/mol. The molecule has 1 aromatic carbocycles. The summed E-state index contributed by atoms with van der Waals surface area (Å²) in [5, 5.41) is 0. The Bertz CT molecular complexity index is 806. The number of carbonyl (C=O) groups is 2. The van der Waals surface area contributed by atoms with Gasteiger partial charge in [-0.2, -0.15) is 4.31 Å². The topological polar surface area (TPSA) is 84.0 Å².